The molecule has 0 fully saturated rings. The van der Waals surface area contributed by atoms with Crippen LogP contribution in [-0.2, 0) is 12.4 Å². The van der Waals surface area contributed by atoms with Gasteiger partial charge < -0.3 is 10.6 Å². The van der Waals surface area contributed by atoms with Crippen molar-refractivity contribution in [3.8, 4) is 0 Å². The number of alkyl halides is 6. The lowest BCUT2D eigenvalue weighted by Gasteiger charge is -2.16. The van der Waals surface area contributed by atoms with Gasteiger partial charge >= 0.3 is 18.4 Å². The van der Waals surface area contributed by atoms with Gasteiger partial charge in [0.25, 0.3) is 0 Å². The molecule has 0 spiro atoms. The number of halogens is 7. The topological polar surface area (TPSA) is 41.1 Å². The maximum Gasteiger partial charge on any atom is 0.418 e. The molecule has 0 aliphatic heterocycles. The van der Waals surface area contributed by atoms with Gasteiger partial charge in [0.15, 0.2) is 0 Å². The third-order valence-corrected chi connectivity index (χ3v) is 3.25. The van der Waals surface area contributed by atoms with Crippen LogP contribution in [0.15, 0.2) is 42.5 Å². The molecule has 0 heterocycles. The number of carbonyl (C=O) groups is 1. The highest BCUT2D eigenvalue weighted by Gasteiger charge is 2.35. The van der Waals surface area contributed by atoms with Crippen molar-refractivity contribution in [3.05, 3.63) is 58.6 Å². The fourth-order valence-electron chi connectivity index (χ4n) is 1.98. The van der Waals surface area contributed by atoms with Crippen molar-refractivity contribution in [1.29, 1.82) is 0 Å². The van der Waals surface area contributed by atoms with Gasteiger partial charge in [-0.05, 0) is 30.3 Å². The Bertz CT molecular complexity index is 788. The highest BCUT2D eigenvalue weighted by atomic mass is 35.5. The zero-order valence-corrected chi connectivity index (χ0v) is 12.9. The molecule has 0 saturated heterocycles. The zero-order valence-electron chi connectivity index (χ0n) is 12.1. The first-order valence-corrected chi connectivity index (χ1v) is 6.97. The number of para-hydroxylation sites is 1. The van der Waals surface area contributed by atoms with Gasteiger partial charge in [0.05, 0.1) is 22.5 Å². The molecule has 2 N–H and O–H groups in total. The Morgan fingerprint density at radius 1 is 0.800 bits per heavy atom. The summed E-state index contributed by atoms with van der Waals surface area (Å²) in [6.07, 6.45) is -9.54. The van der Waals surface area contributed by atoms with Crippen LogP contribution in [-0.4, -0.2) is 6.03 Å². The van der Waals surface area contributed by atoms with Crippen LogP contribution in [0.3, 0.4) is 0 Å². The Labute approximate surface area is 142 Å². The van der Waals surface area contributed by atoms with Crippen molar-refractivity contribution in [1.82, 2.24) is 0 Å². The van der Waals surface area contributed by atoms with E-state index >= 15 is 0 Å². The van der Waals surface area contributed by atoms with Crippen LogP contribution in [0.4, 0.5) is 42.5 Å². The maximum atomic E-state index is 12.9. The van der Waals surface area contributed by atoms with E-state index in [0.29, 0.717) is 6.07 Å². The predicted molar refractivity (Wildman–Crippen MR) is 80.5 cm³/mol. The molecule has 134 valence electrons. The summed E-state index contributed by atoms with van der Waals surface area (Å²) in [5.74, 6) is 0. The summed E-state index contributed by atoms with van der Waals surface area (Å²) in [7, 11) is 0. The van der Waals surface area contributed by atoms with E-state index in [9.17, 15) is 31.1 Å². The van der Waals surface area contributed by atoms with E-state index in [-0.39, 0.29) is 5.02 Å². The van der Waals surface area contributed by atoms with Crippen molar-refractivity contribution in [3.63, 3.8) is 0 Å². The first-order valence-electron chi connectivity index (χ1n) is 6.59. The van der Waals surface area contributed by atoms with Gasteiger partial charge in [-0.25, -0.2) is 4.79 Å². The molecule has 10 heteroatoms. The summed E-state index contributed by atoms with van der Waals surface area (Å²) in [5.41, 5.74) is -3.58. The molecule has 2 aromatic rings. The lowest BCUT2D eigenvalue weighted by atomic mass is 10.1. The van der Waals surface area contributed by atoms with E-state index in [4.69, 9.17) is 11.6 Å². The number of amides is 2. The molecule has 0 aromatic heterocycles. The molecule has 3 nitrogen and oxygen atoms in total. The zero-order chi connectivity index (χ0) is 18.8. The SMILES string of the molecule is O=C(Nc1ccccc1C(F)(F)F)Nc1ccc(Cl)cc1C(F)(F)F. The highest BCUT2D eigenvalue weighted by molar-refractivity contribution is 6.30. The second kappa shape index (κ2) is 6.83. The van der Waals surface area contributed by atoms with Crippen LogP contribution in [0.1, 0.15) is 11.1 Å². The average molecular weight is 383 g/mol. The molecular weight excluding hydrogens is 374 g/mol. The molecule has 0 atom stereocenters. The minimum absolute atomic E-state index is 0.208. The van der Waals surface area contributed by atoms with E-state index in [1.54, 1.807) is 0 Å². The van der Waals surface area contributed by atoms with Crippen molar-refractivity contribution in [2.45, 2.75) is 12.4 Å². The Hall–Kier alpha value is -2.42. The predicted octanol–water partition coefficient (Wildman–Crippen LogP) is 6.02. The third-order valence-electron chi connectivity index (χ3n) is 3.02. The van der Waals surface area contributed by atoms with Crippen molar-refractivity contribution in [2.75, 3.05) is 10.6 Å². The fraction of sp³-hybridized carbons (Fsp3) is 0.133. The third kappa shape index (κ3) is 4.79. The van der Waals surface area contributed by atoms with Crippen LogP contribution in [0.2, 0.25) is 5.02 Å². The molecule has 2 amide bonds. The van der Waals surface area contributed by atoms with Crippen LogP contribution in [0.25, 0.3) is 0 Å². The monoisotopic (exact) mass is 382 g/mol. The summed E-state index contributed by atoms with van der Waals surface area (Å²) >= 11 is 5.51. The molecule has 0 radical (unpaired) electrons. The van der Waals surface area contributed by atoms with Gasteiger partial charge in [-0.1, -0.05) is 23.7 Å². The normalized spacial score (nSPS) is 12.0. The van der Waals surface area contributed by atoms with E-state index in [1.165, 1.54) is 6.07 Å². The molecule has 0 aliphatic rings. The number of nitrogens with one attached hydrogen (secondary N) is 2. The molecule has 2 rings (SSSR count). The number of urea groups is 1. The first kappa shape index (κ1) is 18.9. The lowest BCUT2D eigenvalue weighted by Crippen LogP contribution is -2.23. The molecule has 0 aliphatic carbocycles. The van der Waals surface area contributed by atoms with Crippen LogP contribution >= 0.6 is 11.6 Å². The van der Waals surface area contributed by atoms with Gasteiger partial charge in [0, 0.05) is 5.02 Å². The number of anilines is 2. The molecule has 2 aromatic carbocycles. The quantitative estimate of drug-likeness (QED) is 0.612. The number of hydrogen-bond donors (Lipinski definition) is 2. The Balaban J connectivity index is 2.26. The minimum Gasteiger partial charge on any atom is -0.307 e. The van der Waals surface area contributed by atoms with Crippen LogP contribution < -0.4 is 10.6 Å². The van der Waals surface area contributed by atoms with E-state index in [0.717, 1.165) is 30.3 Å². The number of benzene rings is 2. The first-order chi connectivity index (χ1) is 11.5. The smallest absolute Gasteiger partial charge is 0.307 e. The van der Waals surface area contributed by atoms with Crippen molar-refractivity contribution in [2.24, 2.45) is 0 Å². The molecule has 0 saturated carbocycles. The van der Waals surface area contributed by atoms with Gasteiger partial charge in [0.1, 0.15) is 0 Å². The van der Waals surface area contributed by atoms with Crippen molar-refractivity contribution < 1.29 is 31.1 Å². The second-order valence-electron chi connectivity index (χ2n) is 4.81. The largest absolute Gasteiger partial charge is 0.418 e. The van der Waals surface area contributed by atoms with Gasteiger partial charge in [0.2, 0.25) is 0 Å². The summed E-state index contributed by atoms with van der Waals surface area (Å²) in [6, 6.07) is 5.43. The lowest BCUT2D eigenvalue weighted by molar-refractivity contribution is -0.137. The number of rotatable bonds is 2. The Kier molecular flexibility index (Phi) is 5.17. The molecule has 0 bridgehead atoms. The van der Waals surface area contributed by atoms with Crippen LogP contribution in [0, 0.1) is 0 Å². The summed E-state index contributed by atoms with van der Waals surface area (Å²) in [5, 5.41) is 3.56. The second-order valence-corrected chi connectivity index (χ2v) is 5.25. The highest BCUT2D eigenvalue weighted by Crippen LogP contribution is 2.37. The number of hydrogen-bond acceptors (Lipinski definition) is 1. The van der Waals surface area contributed by atoms with Crippen molar-refractivity contribution >= 4 is 29.0 Å². The summed E-state index contributed by atoms with van der Waals surface area (Å²) in [4.78, 5) is 11.8. The Morgan fingerprint density at radius 2 is 1.32 bits per heavy atom. The summed E-state index contributed by atoms with van der Waals surface area (Å²) < 4.78 is 77.4. The van der Waals surface area contributed by atoms with Crippen LogP contribution in [0.5, 0.6) is 0 Å². The summed E-state index contributed by atoms with van der Waals surface area (Å²) in [6.45, 7) is 0. The standard InChI is InChI=1S/C15H9ClF6N2O/c16-8-5-6-12(10(7-8)15(20,21)22)24-13(25)23-11-4-2-1-3-9(11)14(17,18)19/h1-7H,(H2,23,24,25). The molecule has 0 unspecified atom stereocenters. The van der Waals surface area contributed by atoms with E-state index in [2.05, 4.69) is 0 Å². The van der Waals surface area contributed by atoms with E-state index in [1.807, 2.05) is 10.6 Å². The van der Waals surface area contributed by atoms with Gasteiger partial charge in [-0.3, -0.25) is 0 Å². The van der Waals surface area contributed by atoms with Gasteiger partial charge in [-0.2, -0.15) is 26.3 Å². The minimum atomic E-state index is -4.81. The Morgan fingerprint density at radius 3 is 1.88 bits per heavy atom. The number of carbonyl (C=O) groups excluding carboxylic acids is 1. The van der Waals surface area contributed by atoms with Gasteiger partial charge in [-0.15, -0.1) is 0 Å². The molecule has 25 heavy (non-hydrogen) atoms. The maximum absolute atomic E-state index is 12.9. The molecular formula is C15H9ClF6N2O. The average Bonchev–Trinajstić information content (AvgIpc) is 2.47. The fourth-order valence-corrected chi connectivity index (χ4v) is 2.15. The van der Waals surface area contributed by atoms with E-state index < -0.39 is 40.9 Å².